The Labute approximate surface area is 116 Å². The van der Waals surface area contributed by atoms with Crippen molar-refractivity contribution in [3.05, 3.63) is 41.5 Å². The number of allylic oxidation sites excluding steroid dienone is 1. The van der Waals surface area contributed by atoms with Gasteiger partial charge in [-0.05, 0) is 49.9 Å². The van der Waals surface area contributed by atoms with Crippen LogP contribution in [0, 0.1) is 0 Å². The van der Waals surface area contributed by atoms with Crippen molar-refractivity contribution in [2.75, 3.05) is 13.2 Å². The second-order valence-corrected chi connectivity index (χ2v) is 5.47. The highest BCUT2D eigenvalue weighted by Gasteiger charge is 2.16. The lowest BCUT2D eigenvalue weighted by molar-refractivity contribution is 0.356. The summed E-state index contributed by atoms with van der Waals surface area (Å²) in [6, 6.07) is 7.07. The molecule has 19 heavy (non-hydrogen) atoms. The molecule has 1 aromatic rings. The van der Waals surface area contributed by atoms with E-state index < -0.39 is 0 Å². The maximum atomic E-state index is 5.58. The first kappa shape index (κ1) is 14.1. The summed E-state index contributed by atoms with van der Waals surface area (Å²) < 4.78 is 5.58. The molecular weight excluding hydrogens is 234 g/mol. The number of benzene rings is 1. The van der Waals surface area contributed by atoms with E-state index in [2.05, 4.69) is 43.9 Å². The van der Waals surface area contributed by atoms with Crippen LogP contribution >= 0.6 is 0 Å². The van der Waals surface area contributed by atoms with Gasteiger partial charge in [0.05, 0.1) is 6.61 Å². The third-order valence-electron chi connectivity index (χ3n) is 3.62. The lowest BCUT2D eigenvalue weighted by Gasteiger charge is -2.20. The van der Waals surface area contributed by atoms with Crippen LogP contribution in [-0.4, -0.2) is 13.2 Å². The minimum atomic E-state index is 0.433. The fraction of sp³-hybridized carbons (Fsp3) is 0.529. The summed E-state index contributed by atoms with van der Waals surface area (Å²) in [6.45, 7) is 10.2. The Morgan fingerprint density at radius 3 is 3.05 bits per heavy atom. The normalized spacial score (nSPS) is 14.8. The van der Waals surface area contributed by atoms with E-state index in [9.17, 15) is 0 Å². The Kier molecular flexibility index (Phi) is 5.03. The standard InChI is InChI=1S/C17H25NO/c1-4-10-18-16(7-5-13(2)3)14-6-8-17-15(12-14)9-11-19-17/h6,8,12,16,18H,2,4-5,7,9-11H2,1,3H3. The van der Waals surface area contributed by atoms with Crippen molar-refractivity contribution in [1.29, 1.82) is 0 Å². The molecule has 0 radical (unpaired) electrons. The second kappa shape index (κ2) is 6.76. The maximum Gasteiger partial charge on any atom is 0.122 e. The molecule has 1 aromatic carbocycles. The molecule has 0 saturated heterocycles. The van der Waals surface area contributed by atoms with Crippen molar-refractivity contribution < 1.29 is 4.74 Å². The largest absolute Gasteiger partial charge is 0.493 e. The van der Waals surface area contributed by atoms with Crippen molar-refractivity contribution in [2.45, 2.75) is 45.6 Å². The Bertz CT molecular complexity index is 439. The van der Waals surface area contributed by atoms with Crippen LogP contribution in [0.5, 0.6) is 5.75 Å². The Balaban J connectivity index is 2.09. The SMILES string of the molecule is C=C(C)CCC(NCCC)c1ccc2c(c1)CCO2. The third kappa shape index (κ3) is 3.84. The van der Waals surface area contributed by atoms with Gasteiger partial charge in [-0.1, -0.05) is 24.6 Å². The van der Waals surface area contributed by atoms with E-state index in [1.54, 1.807) is 0 Å². The van der Waals surface area contributed by atoms with Gasteiger partial charge in [0.2, 0.25) is 0 Å². The Morgan fingerprint density at radius 1 is 1.47 bits per heavy atom. The number of ether oxygens (including phenoxy) is 1. The monoisotopic (exact) mass is 259 g/mol. The first-order valence-electron chi connectivity index (χ1n) is 7.34. The minimum Gasteiger partial charge on any atom is -0.493 e. The third-order valence-corrected chi connectivity index (χ3v) is 3.62. The molecule has 0 saturated carbocycles. The maximum absolute atomic E-state index is 5.58. The van der Waals surface area contributed by atoms with Gasteiger partial charge in [-0.25, -0.2) is 0 Å². The van der Waals surface area contributed by atoms with E-state index in [1.165, 1.54) is 16.7 Å². The summed E-state index contributed by atoms with van der Waals surface area (Å²) in [4.78, 5) is 0. The summed E-state index contributed by atoms with van der Waals surface area (Å²) in [5.74, 6) is 1.07. The topological polar surface area (TPSA) is 21.3 Å². The highest BCUT2D eigenvalue weighted by molar-refractivity contribution is 5.40. The number of hydrogen-bond acceptors (Lipinski definition) is 2. The summed E-state index contributed by atoms with van der Waals surface area (Å²) in [5, 5.41) is 3.65. The van der Waals surface area contributed by atoms with Gasteiger partial charge in [-0.15, -0.1) is 6.58 Å². The van der Waals surface area contributed by atoms with Crippen LogP contribution in [-0.2, 0) is 6.42 Å². The predicted octanol–water partition coefficient (Wildman–Crippen LogP) is 4.02. The minimum absolute atomic E-state index is 0.433. The number of hydrogen-bond donors (Lipinski definition) is 1. The van der Waals surface area contributed by atoms with Crippen LogP contribution in [0.15, 0.2) is 30.4 Å². The van der Waals surface area contributed by atoms with Crippen molar-refractivity contribution in [2.24, 2.45) is 0 Å². The van der Waals surface area contributed by atoms with Gasteiger partial charge in [0.1, 0.15) is 5.75 Å². The summed E-state index contributed by atoms with van der Waals surface area (Å²) in [6.07, 6.45) is 4.41. The van der Waals surface area contributed by atoms with Gasteiger partial charge in [0.15, 0.2) is 0 Å². The van der Waals surface area contributed by atoms with Gasteiger partial charge in [0.25, 0.3) is 0 Å². The Morgan fingerprint density at radius 2 is 2.32 bits per heavy atom. The molecule has 1 aliphatic rings. The van der Waals surface area contributed by atoms with Crippen LogP contribution in [0.25, 0.3) is 0 Å². The van der Waals surface area contributed by atoms with E-state index in [1.807, 2.05) is 0 Å². The zero-order chi connectivity index (χ0) is 13.7. The molecule has 1 aliphatic heterocycles. The van der Waals surface area contributed by atoms with Gasteiger partial charge >= 0.3 is 0 Å². The lowest BCUT2D eigenvalue weighted by atomic mass is 9.97. The molecule has 2 nitrogen and oxygen atoms in total. The van der Waals surface area contributed by atoms with Crippen LogP contribution in [0.3, 0.4) is 0 Å². The van der Waals surface area contributed by atoms with Crippen molar-refractivity contribution in [1.82, 2.24) is 5.32 Å². The second-order valence-electron chi connectivity index (χ2n) is 5.47. The molecule has 0 fully saturated rings. The van der Waals surface area contributed by atoms with Gasteiger partial charge < -0.3 is 10.1 Å². The molecule has 1 unspecified atom stereocenters. The number of fused-ring (bicyclic) bond motifs is 1. The average Bonchev–Trinajstić information content (AvgIpc) is 2.85. The zero-order valence-electron chi connectivity index (χ0n) is 12.2. The van der Waals surface area contributed by atoms with Crippen LogP contribution in [0.4, 0.5) is 0 Å². The quantitative estimate of drug-likeness (QED) is 0.747. The lowest BCUT2D eigenvalue weighted by Crippen LogP contribution is -2.22. The van der Waals surface area contributed by atoms with Crippen molar-refractivity contribution in [3.63, 3.8) is 0 Å². The molecule has 0 aliphatic carbocycles. The smallest absolute Gasteiger partial charge is 0.122 e. The van der Waals surface area contributed by atoms with E-state index in [-0.39, 0.29) is 0 Å². The highest BCUT2D eigenvalue weighted by atomic mass is 16.5. The van der Waals surface area contributed by atoms with Gasteiger partial charge in [-0.2, -0.15) is 0 Å². The molecule has 2 heteroatoms. The molecule has 0 amide bonds. The van der Waals surface area contributed by atoms with E-state index in [4.69, 9.17) is 4.74 Å². The average molecular weight is 259 g/mol. The predicted molar refractivity (Wildman–Crippen MR) is 80.7 cm³/mol. The first-order chi connectivity index (χ1) is 9.20. The fourth-order valence-electron chi connectivity index (χ4n) is 2.52. The molecule has 0 spiro atoms. The molecule has 1 N–H and O–H groups in total. The molecule has 0 bridgehead atoms. The van der Waals surface area contributed by atoms with Gasteiger partial charge in [0, 0.05) is 12.5 Å². The molecule has 1 atom stereocenters. The molecular formula is C17H25NO. The molecule has 1 heterocycles. The molecule has 0 aromatic heterocycles. The Hall–Kier alpha value is -1.28. The van der Waals surface area contributed by atoms with Crippen molar-refractivity contribution in [3.8, 4) is 5.75 Å². The van der Waals surface area contributed by atoms with Gasteiger partial charge in [-0.3, -0.25) is 0 Å². The molecule has 104 valence electrons. The first-order valence-corrected chi connectivity index (χ1v) is 7.34. The molecule has 2 rings (SSSR count). The summed E-state index contributed by atoms with van der Waals surface area (Å²) in [5.41, 5.74) is 4.00. The highest BCUT2D eigenvalue weighted by Crippen LogP contribution is 2.30. The van der Waals surface area contributed by atoms with E-state index in [0.717, 1.165) is 44.6 Å². The number of rotatable bonds is 7. The van der Waals surface area contributed by atoms with Crippen LogP contribution in [0.1, 0.15) is 50.3 Å². The van der Waals surface area contributed by atoms with Crippen LogP contribution < -0.4 is 10.1 Å². The number of nitrogens with one attached hydrogen (secondary N) is 1. The van der Waals surface area contributed by atoms with E-state index >= 15 is 0 Å². The zero-order valence-corrected chi connectivity index (χ0v) is 12.2. The fourth-order valence-corrected chi connectivity index (χ4v) is 2.52. The van der Waals surface area contributed by atoms with Crippen LogP contribution in [0.2, 0.25) is 0 Å². The summed E-state index contributed by atoms with van der Waals surface area (Å²) in [7, 11) is 0. The summed E-state index contributed by atoms with van der Waals surface area (Å²) >= 11 is 0. The van der Waals surface area contributed by atoms with E-state index in [0.29, 0.717) is 6.04 Å². The van der Waals surface area contributed by atoms with Crippen molar-refractivity contribution >= 4 is 0 Å².